The number of carbonyl (C=O) groups excluding carboxylic acids is 1. The summed E-state index contributed by atoms with van der Waals surface area (Å²) in [6, 6.07) is -1.02. The second kappa shape index (κ2) is 42.5. The Morgan fingerprint density at radius 2 is 0.886 bits per heavy atom. The maximum atomic E-state index is 13.3. The van der Waals surface area contributed by atoms with Crippen molar-refractivity contribution in [3.63, 3.8) is 0 Å². The molecule has 3 saturated heterocycles. The van der Waals surface area contributed by atoms with Gasteiger partial charge in [0, 0.05) is 6.42 Å². The van der Waals surface area contributed by atoms with E-state index in [4.69, 9.17) is 28.4 Å². The molecule has 1 amide bonds. The minimum absolute atomic E-state index is 0.186. The molecule has 452 valence electrons. The normalized spacial score (nSPS) is 31.0. The first-order valence-corrected chi connectivity index (χ1v) is 29.0. The van der Waals surface area contributed by atoms with Crippen LogP contribution in [0.4, 0.5) is 0 Å². The zero-order valence-electron chi connectivity index (χ0n) is 46.8. The summed E-state index contributed by atoms with van der Waals surface area (Å²) >= 11 is 0. The number of hydrogen-bond donors (Lipinski definition) is 12. The first kappa shape index (κ1) is 70.0. The SMILES string of the molecule is CC/C=C\C/C=C\C/C=C\C/C=C\C/C=C\CCCCCC(=O)NC(COC1OC(CO)C(OC2OC(CO)C(OC3OC(CO)C(O)C(O)C3O)C(O)C2O)C(O)C1O)C(O)/C=C/CC/C=C/CC/C=C/CCCCCCC. The molecule has 19 nitrogen and oxygen atoms in total. The quantitative estimate of drug-likeness (QED) is 0.0295. The van der Waals surface area contributed by atoms with Gasteiger partial charge in [0.2, 0.25) is 5.91 Å². The number of carbonyl (C=O) groups is 1. The summed E-state index contributed by atoms with van der Waals surface area (Å²) in [5.41, 5.74) is 0. The molecular weight excluding hydrogens is 1020 g/mol. The van der Waals surface area contributed by atoms with Gasteiger partial charge >= 0.3 is 0 Å². The summed E-state index contributed by atoms with van der Waals surface area (Å²) in [6.07, 6.45) is 25.3. The lowest BCUT2D eigenvalue weighted by atomic mass is 9.96. The van der Waals surface area contributed by atoms with Gasteiger partial charge in [-0.25, -0.2) is 0 Å². The lowest BCUT2D eigenvalue weighted by Gasteiger charge is -2.48. The maximum Gasteiger partial charge on any atom is 0.220 e. The number of unbranched alkanes of at least 4 members (excludes halogenated alkanes) is 10. The Bertz CT molecular complexity index is 1820. The van der Waals surface area contributed by atoms with E-state index in [9.17, 15) is 61.0 Å². The lowest BCUT2D eigenvalue weighted by Crippen LogP contribution is -2.66. The Morgan fingerprint density at radius 1 is 0.468 bits per heavy atom. The predicted octanol–water partition coefficient (Wildman–Crippen LogP) is 4.59. The fourth-order valence-corrected chi connectivity index (χ4v) is 9.07. The van der Waals surface area contributed by atoms with Gasteiger partial charge in [0.15, 0.2) is 18.9 Å². The topological polar surface area (TPSA) is 307 Å². The van der Waals surface area contributed by atoms with E-state index >= 15 is 0 Å². The number of ether oxygens (including phenoxy) is 6. The molecule has 12 N–H and O–H groups in total. The van der Waals surface area contributed by atoms with Gasteiger partial charge in [-0.1, -0.05) is 143 Å². The van der Waals surface area contributed by atoms with Crippen molar-refractivity contribution in [3.05, 3.63) is 97.2 Å². The number of rotatable bonds is 40. The molecule has 17 unspecified atom stereocenters. The van der Waals surface area contributed by atoms with Gasteiger partial charge in [0.1, 0.15) is 73.2 Å². The highest BCUT2D eigenvalue weighted by Crippen LogP contribution is 2.33. The molecule has 0 aromatic rings. The Kier molecular flexibility index (Phi) is 37.7. The smallest absolute Gasteiger partial charge is 0.220 e. The molecule has 79 heavy (non-hydrogen) atoms. The molecule has 3 aliphatic heterocycles. The van der Waals surface area contributed by atoms with E-state index < -0.39 is 131 Å². The fourth-order valence-electron chi connectivity index (χ4n) is 9.07. The van der Waals surface area contributed by atoms with Crippen LogP contribution < -0.4 is 5.32 Å². The highest BCUT2D eigenvalue weighted by molar-refractivity contribution is 5.76. The van der Waals surface area contributed by atoms with Crippen LogP contribution in [0.1, 0.15) is 142 Å². The minimum atomic E-state index is -1.99. The molecule has 3 heterocycles. The van der Waals surface area contributed by atoms with Crippen LogP contribution >= 0.6 is 0 Å². The Labute approximate surface area is 469 Å². The molecule has 3 aliphatic rings. The first-order valence-electron chi connectivity index (χ1n) is 29.0. The zero-order chi connectivity index (χ0) is 57.6. The van der Waals surface area contributed by atoms with Gasteiger partial charge in [-0.15, -0.1) is 0 Å². The van der Waals surface area contributed by atoms with Gasteiger partial charge in [-0.3, -0.25) is 4.79 Å². The second-order valence-corrected chi connectivity index (χ2v) is 20.3. The van der Waals surface area contributed by atoms with Crippen LogP contribution in [0.25, 0.3) is 0 Å². The molecule has 3 rings (SSSR count). The molecule has 3 fully saturated rings. The average Bonchev–Trinajstić information content (AvgIpc) is 3.47. The molecule has 0 radical (unpaired) electrons. The van der Waals surface area contributed by atoms with Crippen molar-refractivity contribution < 1.29 is 89.4 Å². The highest BCUT2D eigenvalue weighted by Gasteiger charge is 2.53. The largest absolute Gasteiger partial charge is 0.394 e. The minimum Gasteiger partial charge on any atom is -0.394 e. The Balaban J connectivity index is 1.55. The van der Waals surface area contributed by atoms with Gasteiger partial charge in [-0.05, 0) is 89.9 Å². The fraction of sp³-hybridized carbons (Fsp3) is 0.717. The lowest BCUT2D eigenvalue weighted by molar-refractivity contribution is -0.379. The summed E-state index contributed by atoms with van der Waals surface area (Å²) in [4.78, 5) is 13.3. The third-order valence-electron chi connectivity index (χ3n) is 13.8. The third-order valence-corrected chi connectivity index (χ3v) is 13.8. The number of amides is 1. The van der Waals surface area contributed by atoms with Crippen molar-refractivity contribution in [2.75, 3.05) is 26.4 Å². The molecule has 0 bridgehead atoms. The van der Waals surface area contributed by atoms with Crippen LogP contribution in [0.3, 0.4) is 0 Å². The van der Waals surface area contributed by atoms with Crippen molar-refractivity contribution in [1.29, 1.82) is 0 Å². The number of allylic oxidation sites excluding steroid dienone is 15. The van der Waals surface area contributed by atoms with Crippen molar-refractivity contribution >= 4 is 5.91 Å². The van der Waals surface area contributed by atoms with E-state index in [0.29, 0.717) is 12.8 Å². The van der Waals surface area contributed by atoms with E-state index in [-0.39, 0.29) is 12.3 Å². The summed E-state index contributed by atoms with van der Waals surface area (Å²) in [6.45, 7) is 1.50. The van der Waals surface area contributed by atoms with Crippen LogP contribution in [-0.4, -0.2) is 193 Å². The zero-order valence-corrected chi connectivity index (χ0v) is 46.8. The predicted molar refractivity (Wildman–Crippen MR) is 300 cm³/mol. The molecule has 0 aliphatic carbocycles. The monoisotopic (exact) mass is 1120 g/mol. The summed E-state index contributed by atoms with van der Waals surface area (Å²) in [5, 5.41) is 120. The number of aliphatic hydroxyl groups excluding tert-OH is 11. The molecule has 19 heteroatoms. The maximum absolute atomic E-state index is 13.3. The summed E-state index contributed by atoms with van der Waals surface area (Å²) < 4.78 is 34.1. The number of hydrogen-bond acceptors (Lipinski definition) is 18. The summed E-state index contributed by atoms with van der Waals surface area (Å²) in [7, 11) is 0. The molecule has 0 aromatic carbocycles. The average molecular weight is 1120 g/mol. The molecule has 0 saturated carbocycles. The summed E-state index contributed by atoms with van der Waals surface area (Å²) in [5.74, 6) is -0.327. The van der Waals surface area contributed by atoms with Gasteiger partial charge in [0.05, 0.1) is 38.6 Å². The highest BCUT2D eigenvalue weighted by atomic mass is 16.8. The van der Waals surface area contributed by atoms with Crippen LogP contribution in [-0.2, 0) is 33.2 Å². The molecule has 0 aromatic heterocycles. The van der Waals surface area contributed by atoms with E-state index in [0.717, 1.165) is 77.0 Å². The van der Waals surface area contributed by atoms with Crippen molar-refractivity contribution in [2.45, 2.75) is 247 Å². The van der Waals surface area contributed by atoms with Gasteiger partial charge in [-0.2, -0.15) is 0 Å². The number of nitrogens with one attached hydrogen (secondary N) is 1. The Hall–Kier alpha value is -3.29. The van der Waals surface area contributed by atoms with E-state index in [2.05, 4.69) is 104 Å². The Morgan fingerprint density at radius 3 is 1.41 bits per heavy atom. The van der Waals surface area contributed by atoms with Crippen molar-refractivity contribution in [1.82, 2.24) is 5.32 Å². The second-order valence-electron chi connectivity index (χ2n) is 20.3. The standard InChI is InChI=1S/C60H99NO18/c1-3-5-7-9-11-13-15-17-19-20-21-22-24-26-28-30-32-34-36-38-48(66)61-43(44(65)37-35-33-31-29-27-25-23-18-16-14-12-10-8-6-4-2)42-74-58-54(72)51(69)56(46(40-63)76-58)79-60-55(73)52(70)57(47(41-64)77-60)78-59-53(71)50(68)49(67)45(39-62)75-59/h5,7,11,13,16-19,21-22,26-29,35,37,43-47,49-60,62-65,67-73H,3-4,6,8-10,12,14-15,20,23-25,30-34,36,38-42H2,1-2H3,(H,61,66)/b7-5-,13-11-,18-16+,19-17-,22-21-,28-26-,29-27+,37-35+. The van der Waals surface area contributed by atoms with E-state index in [1.54, 1.807) is 6.08 Å². The van der Waals surface area contributed by atoms with Crippen LogP contribution in [0.15, 0.2) is 97.2 Å². The molecular formula is C60H99NO18. The van der Waals surface area contributed by atoms with Crippen LogP contribution in [0.2, 0.25) is 0 Å². The van der Waals surface area contributed by atoms with Crippen molar-refractivity contribution in [3.8, 4) is 0 Å². The molecule has 0 spiro atoms. The van der Waals surface area contributed by atoms with Crippen LogP contribution in [0, 0.1) is 0 Å². The van der Waals surface area contributed by atoms with E-state index in [1.807, 2.05) is 6.08 Å². The van der Waals surface area contributed by atoms with Crippen LogP contribution in [0.5, 0.6) is 0 Å². The third kappa shape index (κ3) is 26.7. The van der Waals surface area contributed by atoms with Crippen molar-refractivity contribution in [2.24, 2.45) is 0 Å². The van der Waals surface area contributed by atoms with Gasteiger partial charge < -0.3 is 89.9 Å². The molecule has 17 atom stereocenters. The van der Waals surface area contributed by atoms with Gasteiger partial charge in [0.25, 0.3) is 0 Å². The van der Waals surface area contributed by atoms with E-state index in [1.165, 1.54) is 32.1 Å². The number of aliphatic hydroxyl groups is 11. The first-order chi connectivity index (χ1) is 38.3.